The maximum absolute atomic E-state index is 9.68. The van der Waals surface area contributed by atoms with Gasteiger partial charge in [0.2, 0.25) is 5.95 Å². The Bertz CT molecular complexity index is 1670. The summed E-state index contributed by atoms with van der Waals surface area (Å²) in [5.74, 6) is 1.92. The average Bonchev–Trinajstić information content (AvgIpc) is 3.82. The number of morpholine rings is 1. The first-order valence-electron chi connectivity index (χ1n) is 17.2. The van der Waals surface area contributed by atoms with Crippen molar-refractivity contribution in [1.82, 2.24) is 44.9 Å². The van der Waals surface area contributed by atoms with Crippen LogP contribution >= 0.6 is 0 Å². The van der Waals surface area contributed by atoms with Gasteiger partial charge in [-0.15, -0.1) is 10.2 Å². The van der Waals surface area contributed by atoms with E-state index in [1.54, 1.807) is 23.1 Å². The predicted molar refractivity (Wildman–Crippen MR) is 178 cm³/mol. The van der Waals surface area contributed by atoms with Gasteiger partial charge >= 0.3 is 0 Å². The van der Waals surface area contributed by atoms with Crippen molar-refractivity contribution in [2.45, 2.75) is 70.2 Å². The second kappa shape index (κ2) is 15.7. The third-order valence-electron chi connectivity index (χ3n) is 9.59. The van der Waals surface area contributed by atoms with E-state index in [4.69, 9.17) is 24.0 Å². The Hall–Kier alpha value is -4.65. The molecule has 1 aliphatic carbocycles. The van der Waals surface area contributed by atoms with E-state index in [0.29, 0.717) is 54.3 Å². The number of rotatable bonds is 12. The summed E-state index contributed by atoms with van der Waals surface area (Å²) in [6.45, 7) is 8.19. The molecule has 3 aliphatic rings. The summed E-state index contributed by atoms with van der Waals surface area (Å²) in [7, 11) is 0. The molecule has 258 valence electrons. The molecular weight excluding hydrogens is 626 g/mol. The fourth-order valence-corrected chi connectivity index (χ4v) is 6.83. The topological polar surface area (TPSA) is 163 Å². The summed E-state index contributed by atoms with van der Waals surface area (Å²) in [4.78, 5) is 11.8. The molecule has 15 heteroatoms. The van der Waals surface area contributed by atoms with Crippen LogP contribution in [0.5, 0.6) is 11.6 Å². The monoisotopic (exact) mass is 669 g/mol. The lowest BCUT2D eigenvalue weighted by Gasteiger charge is -2.38. The first-order valence-corrected chi connectivity index (χ1v) is 17.2. The maximum atomic E-state index is 9.68. The number of anilines is 2. The van der Waals surface area contributed by atoms with Gasteiger partial charge in [-0.05, 0) is 79.5 Å². The van der Waals surface area contributed by atoms with Gasteiger partial charge < -0.3 is 24.3 Å². The number of ether oxygens (including phenoxy) is 4. The summed E-state index contributed by atoms with van der Waals surface area (Å²) in [6, 6.07) is 8.57. The van der Waals surface area contributed by atoms with Gasteiger partial charge in [-0.3, -0.25) is 9.58 Å². The van der Waals surface area contributed by atoms with Crippen molar-refractivity contribution in [2.24, 2.45) is 5.92 Å². The van der Waals surface area contributed by atoms with Crippen molar-refractivity contribution < 1.29 is 18.9 Å². The van der Waals surface area contributed by atoms with E-state index in [2.05, 4.69) is 46.5 Å². The summed E-state index contributed by atoms with van der Waals surface area (Å²) in [5.41, 5.74) is 2.81. The standard InChI is InChI=1S/C34H43N11O4/c1-24(20-44-23-38-41-42-44)49-32-16-26(2-3-27(32)17-35)28-18-36-34(37-19-28)39-31-21-45(40-33(31)48-22-25-8-12-46-13-9-25)30-6-4-29(5-7-30)43-10-14-47-15-11-43/h2-3,16,18-19,21,23-25,29-30H,4-15,20,22H2,1H3,(H,36,37,39)/t24-,29?,30?/m0/s1. The molecule has 1 saturated carbocycles. The van der Waals surface area contributed by atoms with Crippen LogP contribution in [0.2, 0.25) is 0 Å². The number of tetrazole rings is 1. The van der Waals surface area contributed by atoms with Gasteiger partial charge in [0, 0.05) is 50.3 Å². The molecule has 49 heavy (non-hydrogen) atoms. The van der Waals surface area contributed by atoms with Gasteiger partial charge in [-0.1, -0.05) is 6.07 Å². The van der Waals surface area contributed by atoms with Crippen molar-refractivity contribution in [3.05, 3.63) is 48.7 Å². The molecule has 3 aromatic heterocycles. The van der Waals surface area contributed by atoms with Gasteiger partial charge in [-0.2, -0.15) is 5.26 Å². The third kappa shape index (κ3) is 8.33. The van der Waals surface area contributed by atoms with E-state index in [-0.39, 0.29) is 6.10 Å². The number of aromatic nitrogens is 8. The first-order chi connectivity index (χ1) is 24.1. The summed E-state index contributed by atoms with van der Waals surface area (Å²) < 4.78 is 27.2. The van der Waals surface area contributed by atoms with Crippen LogP contribution in [0.25, 0.3) is 11.1 Å². The molecule has 4 aromatic rings. The van der Waals surface area contributed by atoms with Crippen LogP contribution in [0.15, 0.2) is 43.1 Å². The lowest BCUT2D eigenvalue weighted by atomic mass is 9.90. The molecule has 0 bridgehead atoms. The molecule has 5 heterocycles. The van der Waals surface area contributed by atoms with Gasteiger partial charge in [0.15, 0.2) is 0 Å². The molecule has 2 aliphatic heterocycles. The molecule has 7 rings (SSSR count). The molecular formula is C34H43N11O4. The van der Waals surface area contributed by atoms with Gasteiger partial charge in [0.1, 0.15) is 29.9 Å². The van der Waals surface area contributed by atoms with Crippen LogP contribution in [0.3, 0.4) is 0 Å². The molecule has 0 radical (unpaired) electrons. The van der Waals surface area contributed by atoms with Crippen molar-refractivity contribution >= 4 is 11.6 Å². The SMILES string of the molecule is C[C@@H](Cn1cnnn1)Oc1cc(-c2cnc(Nc3cn(C4CCC(N5CCOCC5)CC4)nc3OCC3CCOCC3)nc2)ccc1C#N. The molecule has 0 spiro atoms. The molecule has 2 saturated heterocycles. The van der Waals surface area contributed by atoms with Crippen LogP contribution in [-0.4, -0.2) is 103 Å². The van der Waals surface area contributed by atoms with Crippen LogP contribution in [-0.2, 0) is 16.0 Å². The van der Waals surface area contributed by atoms with Gasteiger partial charge in [-0.25, -0.2) is 14.6 Å². The Kier molecular flexibility index (Phi) is 10.5. The lowest BCUT2D eigenvalue weighted by Crippen LogP contribution is -2.45. The van der Waals surface area contributed by atoms with E-state index in [0.717, 1.165) is 94.9 Å². The van der Waals surface area contributed by atoms with E-state index in [1.165, 1.54) is 6.33 Å². The van der Waals surface area contributed by atoms with Crippen LogP contribution in [0, 0.1) is 17.2 Å². The van der Waals surface area contributed by atoms with E-state index < -0.39 is 0 Å². The number of nitrogens with one attached hydrogen (secondary N) is 1. The second-order valence-corrected chi connectivity index (χ2v) is 13.0. The Balaban J connectivity index is 1.04. The number of hydrogen-bond acceptors (Lipinski definition) is 13. The number of benzene rings is 1. The summed E-state index contributed by atoms with van der Waals surface area (Å²) in [5, 5.41) is 29.2. The number of hydrogen-bond donors (Lipinski definition) is 1. The Morgan fingerprint density at radius 3 is 2.47 bits per heavy atom. The maximum Gasteiger partial charge on any atom is 0.256 e. The highest BCUT2D eigenvalue weighted by Crippen LogP contribution is 2.35. The fourth-order valence-electron chi connectivity index (χ4n) is 6.83. The average molecular weight is 670 g/mol. The van der Waals surface area contributed by atoms with Crippen molar-refractivity contribution in [2.75, 3.05) is 51.4 Å². The minimum absolute atomic E-state index is 0.266. The van der Waals surface area contributed by atoms with Gasteiger partial charge in [0.25, 0.3) is 5.88 Å². The van der Waals surface area contributed by atoms with E-state index in [1.807, 2.05) is 25.3 Å². The predicted octanol–water partition coefficient (Wildman–Crippen LogP) is 4.03. The lowest BCUT2D eigenvalue weighted by molar-refractivity contribution is 0.00501. The van der Waals surface area contributed by atoms with Crippen LogP contribution in [0.4, 0.5) is 11.6 Å². The summed E-state index contributed by atoms with van der Waals surface area (Å²) in [6.07, 6.45) is 13.2. The van der Waals surface area contributed by atoms with Gasteiger partial charge in [0.05, 0.1) is 44.2 Å². The molecule has 0 amide bonds. The first kappa shape index (κ1) is 32.9. The summed E-state index contributed by atoms with van der Waals surface area (Å²) >= 11 is 0. The molecule has 1 aromatic carbocycles. The minimum atomic E-state index is -0.266. The smallest absolute Gasteiger partial charge is 0.256 e. The van der Waals surface area contributed by atoms with Crippen LogP contribution in [0.1, 0.15) is 57.1 Å². The number of nitrogens with zero attached hydrogens (tertiary/aromatic N) is 10. The Labute approximate surface area is 285 Å². The minimum Gasteiger partial charge on any atom is -0.487 e. The fraction of sp³-hybridized carbons (Fsp3) is 0.559. The second-order valence-electron chi connectivity index (χ2n) is 13.0. The number of nitriles is 1. The molecule has 1 atom stereocenters. The Morgan fingerprint density at radius 1 is 0.980 bits per heavy atom. The van der Waals surface area contributed by atoms with Crippen molar-refractivity contribution in [3.8, 4) is 28.8 Å². The zero-order chi connectivity index (χ0) is 33.4. The highest BCUT2D eigenvalue weighted by atomic mass is 16.5. The zero-order valence-corrected chi connectivity index (χ0v) is 27.9. The largest absolute Gasteiger partial charge is 0.487 e. The normalized spacial score (nSPS) is 21.1. The van der Waals surface area contributed by atoms with E-state index >= 15 is 0 Å². The van der Waals surface area contributed by atoms with Crippen molar-refractivity contribution in [3.63, 3.8) is 0 Å². The Morgan fingerprint density at radius 2 is 1.73 bits per heavy atom. The quantitative estimate of drug-likeness (QED) is 0.230. The van der Waals surface area contributed by atoms with E-state index in [9.17, 15) is 5.26 Å². The molecule has 0 unspecified atom stereocenters. The highest BCUT2D eigenvalue weighted by Gasteiger charge is 2.29. The zero-order valence-electron chi connectivity index (χ0n) is 27.9. The van der Waals surface area contributed by atoms with Crippen LogP contribution < -0.4 is 14.8 Å². The third-order valence-corrected chi connectivity index (χ3v) is 9.59. The molecule has 15 nitrogen and oxygen atoms in total. The highest BCUT2D eigenvalue weighted by molar-refractivity contribution is 5.67. The molecule has 3 fully saturated rings. The molecule has 1 N–H and O–H groups in total. The van der Waals surface area contributed by atoms with Crippen molar-refractivity contribution in [1.29, 1.82) is 5.26 Å².